The number of rotatable bonds is 4. The van der Waals surface area contributed by atoms with Crippen molar-refractivity contribution in [2.24, 2.45) is 5.92 Å². The van der Waals surface area contributed by atoms with E-state index in [0.717, 1.165) is 0 Å². The fourth-order valence-corrected chi connectivity index (χ4v) is 5.46. The van der Waals surface area contributed by atoms with Crippen LogP contribution in [-0.2, 0) is 9.36 Å². The second kappa shape index (κ2) is 5.85. The molecule has 0 aromatic heterocycles. The lowest BCUT2D eigenvalue weighted by molar-refractivity contribution is -0.385. The lowest BCUT2D eigenvalue weighted by Crippen LogP contribution is -2.25. The van der Waals surface area contributed by atoms with Gasteiger partial charge in [-0.25, -0.2) is 0 Å². The molecule has 1 fully saturated rings. The predicted molar refractivity (Wildman–Crippen MR) is 77.0 cm³/mol. The van der Waals surface area contributed by atoms with E-state index in [4.69, 9.17) is 9.84 Å². The standard InChI is InChI=1S/C13H16NO6P/c1-20-12-8-10(2-3-11(12)14(17)18)21(19)6-4-9(5-7-21)13(15)16/h2-3,8-9H,4-7H2,1H3,(H,15,16). The summed E-state index contributed by atoms with van der Waals surface area (Å²) in [5.41, 5.74) is -0.173. The molecule has 0 amide bonds. The summed E-state index contributed by atoms with van der Waals surface area (Å²) in [7, 11) is -1.38. The third-order valence-corrected chi connectivity index (χ3v) is 7.04. The molecule has 1 aromatic carbocycles. The van der Waals surface area contributed by atoms with Crippen LogP contribution in [0.25, 0.3) is 0 Å². The number of carbonyl (C=O) groups is 1. The molecular weight excluding hydrogens is 297 g/mol. The van der Waals surface area contributed by atoms with Crippen molar-refractivity contribution in [3.05, 3.63) is 28.3 Å². The number of carboxylic acids is 1. The van der Waals surface area contributed by atoms with Gasteiger partial charge in [0.1, 0.15) is 7.14 Å². The van der Waals surface area contributed by atoms with Crippen molar-refractivity contribution in [3.8, 4) is 5.75 Å². The van der Waals surface area contributed by atoms with E-state index in [1.807, 2.05) is 0 Å². The van der Waals surface area contributed by atoms with Crippen LogP contribution < -0.4 is 10.0 Å². The Morgan fingerprint density at radius 1 is 1.43 bits per heavy atom. The van der Waals surface area contributed by atoms with Gasteiger partial charge in [-0.2, -0.15) is 0 Å². The molecule has 1 saturated heterocycles. The van der Waals surface area contributed by atoms with Gasteiger partial charge >= 0.3 is 11.7 Å². The Hall–Kier alpha value is -1.88. The van der Waals surface area contributed by atoms with Crippen LogP contribution in [0, 0.1) is 16.0 Å². The van der Waals surface area contributed by atoms with Gasteiger partial charge in [0.25, 0.3) is 0 Å². The summed E-state index contributed by atoms with van der Waals surface area (Å²) in [6, 6.07) is 4.22. The van der Waals surface area contributed by atoms with Crippen molar-refractivity contribution in [3.63, 3.8) is 0 Å². The molecule has 0 unspecified atom stereocenters. The maximum Gasteiger partial charge on any atom is 0.310 e. The quantitative estimate of drug-likeness (QED) is 0.518. The third-order valence-electron chi connectivity index (χ3n) is 3.86. The molecule has 7 nitrogen and oxygen atoms in total. The molecule has 114 valence electrons. The van der Waals surface area contributed by atoms with Crippen LogP contribution in [0.2, 0.25) is 0 Å². The molecule has 0 radical (unpaired) electrons. The van der Waals surface area contributed by atoms with E-state index in [-0.39, 0.29) is 11.4 Å². The fourth-order valence-electron chi connectivity index (χ4n) is 2.56. The number of aliphatic carboxylic acids is 1. The first kappa shape index (κ1) is 15.5. The van der Waals surface area contributed by atoms with E-state index in [1.165, 1.54) is 25.3 Å². The first-order valence-electron chi connectivity index (χ1n) is 6.51. The van der Waals surface area contributed by atoms with Crippen LogP contribution in [0.4, 0.5) is 5.69 Å². The van der Waals surface area contributed by atoms with E-state index in [1.54, 1.807) is 0 Å². The van der Waals surface area contributed by atoms with Gasteiger partial charge in [-0.1, -0.05) is 0 Å². The van der Waals surface area contributed by atoms with Gasteiger partial charge in [-0.05, 0) is 25.0 Å². The molecule has 1 aromatic rings. The number of nitro benzene ring substituents is 1. The van der Waals surface area contributed by atoms with Gasteiger partial charge in [-0.3, -0.25) is 14.9 Å². The Morgan fingerprint density at radius 2 is 2.05 bits per heavy atom. The molecule has 0 atom stereocenters. The van der Waals surface area contributed by atoms with Crippen LogP contribution in [0.15, 0.2) is 18.2 Å². The number of carboxylic acid groups (broad SMARTS) is 1. The van der Waals surface area contributed by atoms with Gasteiger partial charge in [0.2, 0.25) is 0 Å². The summed E-state index contributed by atoms with van der Waals surface area (Å²) in [6.45, 7) is 0. The van der Waals surface area contributed by atoms with Crippen LogP contribution >= 0.6 is 7.14 Å². The molecule has 1 aliphatic heterocycles. The van der Waals surface area contributed by atoms with Crippen molar-refractivity contribution in [1.29, 1.82) is 0 Å². The summed E-state index contributed by atoms with van der Waals surface area (Å²) in [5.74, 6) is -1.23. The van der Waals surface area contributed by atoms with Crippen molar-refractivity contribution in [2.45, 2.75) is 12.8 Å². The summed E-state index contributed by atoms with van der Waals surface area (Å²) in [5, 5.41) is 20.4. The molecule has 8 heteroatoms. The first-order valence-corrected chi connectivity index (χ1v) is 8.59. The number of hydrogen-bond donors (Lipinski definition) is 1. The largest absolute Gasteiger partial charge is 0.490 e. The second-order valence-electron chi connectivity index (χ2n) is 5.06. The lowest BCUT2D eigenvalue weighted by Gasteiger charge is -2.27. The van der Waals surface area contributed by atoms with Gasteiger partial charge in [-0.15, -0.1) is 0 Å². The highest BCUT2D eigenvalue weighted by Gasteiger charge is 2.35. The SMILES string of the molecule is COc1cc(P2(=O)CCC(C(=O)O)CC2)ccc1[N+](=O)[O-]. The molecule has 2 rings (SSSR count). The molecule has 0 saturated carbocycles. The van der Waals surface area contributed by atoms with Gasteiger partial charge in [0.05, 0.1) is 18.0 Å². The number of nitro groups is 1. The Kier molecular flexibility index (Phi) is 4.32. The molecule has 1 aliphatic rings. The average Bonchev–Trinajstić information content (AvgIpc) is 2.46. The number of hydrogen-bond acceptors (Lipinski definition) is 5. The molecule has 0 aliphatic carbocycles. The Balaban J connectivity index is 2.28. The fraction of sp³-hybridized carbons (Fsp3) is 0.462. The topological polar surface area (TPSA) is 107 Å². The summed E-state index contributed by atoms with van der Waals surface area (Å²) >= 11 is 0. The monoisotopic (exact) mass is 313 g/mol. The maximum atomic E-state index is 12.9. The predicted octanol–water partition coefficient (Wildman–Crippen LogP) is 2.09. The summed E-state index contributed by atoms with van der Waals surface area (Å²) in [6.07, 6.45) is 1.35. The minimum atomic E-state index is -2.70. The Bertz CT molecular complexity index is 617. The zero-order valence-electron chi connectivity index (χ0n) is 11.5. The normalized spacial score (nSPS) is 25.3. The first-order chi connectivity index (χ1) is 9.87. The van der Waals surface area contributed by atoms with E-state index in [0.29, 0.717) is 30.5 Å². The Labute approximate surface area is 121 Å². The van der Waals surface area contributed by atoms with Crippen LogP contribution in [0.5, 0.6) is 5.75 Å². The second-order valence-corrected chi connectivity index (χ2v) is 8.25. The highest BCUT2D eigenvalue weighted by Crippen LogP contribution is 2.51. The summed E-state index contributed by atoms with van der Waals surface area (Å²) in [4.78, 5) is 21.2. The van der Waals surface area contributed by atoms with E-state index < -0.39 is 24.0 Å². The zero-order chi connectivity index (χ0) is 15.6. The van der Waals surface area contributed by atoms with Crippen LogP contribution in [0.1, 0.15) is 12.8 Å². The van der Waals surface area contributed by atoms with Crippen molar-refractivity contribution in [2.75, 3.05) is 19.4 Å². The zero-order valence-corrected chi connectivity index (χ0v) is 12.4. The van der Waals surface area contributed by atoms with Gasteiger partial charge < -0.3 is 14.4 Å². The van der Waals surface area contributed by atoms with Gasteiger partial charge in [0, 0.05) is 23.7 Å². The number of methoxy groups -OCH3 is 1. The van der Waals surface area contributed by atoms with Gasteiger partial charge in [0.15, 0.2) is 5.75 Å². The third kappa shape index (κ3) is 3.08. The molecular formula is C13H16NO6P. The van der Waals surface area contributed by atoms with E-state index in [2.05, 4.69) is 0 Å². The molecule has 1 N–H and O–H groups in total. The van der Waals surface area contributed by atoms with Crippen molar-refractivity contribution in [1.82, 2.24) is 0 Å². The van der Waals surface area contributed by atoms with Crippen molar-refractivity contribution < 1.29 is 24.1 Å². The number of nitrogens with zero attached hydrogens (tertiary/aromatic N) is 1. The van der Waals surface area contributed by atoms with Crippen molar-refractivity contribution >= 4 is 24.1 Å². The smallest absolute Gasteiger partial charge is 0.310 e. The summed E-state index contributed by atoms with van der Waals surface area (Å²) < 4.78 is 17.9. The minimum absolute atomic E-state index is 0.0769. The van der Waals surface area contributed by atoms with Crippen LogP contribution in [-0.4, -0.2) is 35.4 Å². The Morgan fingerprint density at radius 3 is 2.52 bits per heavy atom. The minimum Gasteiger partial charge on any atom is -0.490 e. The molecule has 1 heterocycles. The lowest BCUT2D eigenvalue weighted by atomic mass is 10.0. The average molecular weight is 313 g/mol. The van der Waals surface area contributed by atoms with E-state index in [9.17, 15) is 19.5 Å². The van der Waals surface area contributed by atoms with E-state index >= 15 is 0 Å². The molecule has 0 bridgehead atoms. The number of ether oxygens (including phenoxy) is 1. The highest BCUT2D eigenvalue weighted by atomic mass is 31.2. The van der Waals surface area contributed by atoms with Crippen LogP contribution in [0.3, 0.4) is 0 Å². The molecule has 0 spiro atoms. The highest BCUT2D eigenvalue weighted by molar-refractivity contribution is 7.71. The number of benzene rings is 1. The molecule has 21 heavy (non-hydrogen) atoms. The maximum absolute atomic E-state index is 12.9.